The van der Waals surface area contributed by atoms with E-state index in [1.807, 2.05) is 40.8 Å². The smallest absolute Gasteiger partial charge is 0.261 e. The zero-order chi connectivity index (χ0) is 20.7. The van der Waals surface area contributed by atoms with Gasteiger partial charge in [0.05, 0.1) is 5.52 Å². The van der Waals surface area contributed by atoms with Gasteiger partial charge in [-0.15, -0.1) is 0 Å². The third kappa shape index (κ3) is 3.59. The van der Waals surface area contributed by atoms with E-state index in [9.17, 15) is 9.59 Å². The Bertz CT molecular complexity index is 1150. The number of aromatic amines is 1. The van der Waals surface area contributed by atoms with Crippen molar-refractivity contribution >= 4 is 28.3 Å². The number of H-pyrrole nitrogens is 1. The summed E-state index contributed by atoms with van der Waals surface area (Å²) in [4.78, 5) is 30.0. The number of hydrogen-bond acceptors (Lipinski definition) is 5. The average Bonchev–Trinajstić information content (AvgIpc) is 3.50. The minimum atomic E-state index is -0.153. The van der Waals surface area contributed by atoms with Crippen LogP contribution in [0.25, 0.3) is 10.9 Å². The van der Waals surface area contributed by atoms with Crippen LogP contribution in [-0.2, 0) is 6.54 Å². The van der Waals surface area contributed by atoms with Gasteiger partial charge in [0.1, 0.15) is 5.39 Å². The van der Waals surface area contributed by atoms with E-state index in [1.165, 1.54) is 12.8 Å². The van der Waals surface area contributed by atoms with Crippen molar-refractivity contribution in [2.24, 2.45) is 5.92 Å². The second kappa shape index (κ2) is 7.60. The molecule has 0 radical (unpaired) electrons. The van der Waals surface area contributed by atoms with Gasteiger partial charge in [-0.05, 0) is 55.5 Å². The second-order valence-corrected chi connectivity index (χ2v) is 8.24. The van der Waals surface area contributed by atoms with Gasteiger partial charge >= 0.3 is 0 Å². The van der Waals surface area contributed by atoms with Crippen LogP contribution in [0.1, 0.15) is 28.8 Å². The fourth-order valence-electron chi connectivity index (χ4n) is 4.06. The number of carbonyl (C=O) groups excluding carboxylic acids is 1. The minimum Gasteiger partial charge on any atom is -0.338 e. The van der Waals surface area contributed by atoms with Crippen molar-refractivity contribution in [3.8, 4) is 0 Å². The lowest BCUT2D eigenvalue weighted by atomic mass is 10.1. The highest BCUT2D eigenvalue weighted by Gasteiger charge is 2.25. The third-order valence-electron chi connectivity index (χ3n) is 5.93. The summed E-state index contributed by atoms with van der Waals surface area (Å²) in [6.07, 6.45) is 4.10. The van der Waals surface area contributed by atoms with E-state index >= 15 is 0 Å². The second-order valence-electron chi connectivity index (χ2n) is 8.24. The molecule has 156 valence electrons. The van der Waals surface area contributed by atoms with Crippen molar-refractivity contribution in [2.75, 3.05) is 31.5 Å². The summed E-state index contributed by atoms with van der Waals surface area (Å²) >= 11 is 0. The quantitative estimate of drug-likeness (QED) is 0.604. The number of fused-ring (bicyclic) bond motifs is 1. The van der Waals surface area contributed by atoms with E-state index in [-0.39, 0.29) is 11.5 Å². The minimum absolute atomic E-state index is 0.0659. The summed E-state index contributed by atoms with van der Waals surface area (Å²) in [5.41, 5.74) is 3.11. The molecule has 2 fully saturated rings. The van der Waals surface area contributed by atoms with Crippen molar-refractivity contribution in [2.45, 2.75) is 26.3 Å². The number of pyridine rings is 1. The van der Waals surface area contributed by atoms with E-state index in [0.29, 0.717) is 22.7 Å². The number of carbonyl (C=O) groups is 1. The van der Waals surface area contributed by atoms with Crippen LogP contribution in [0, 0.1) is 12.8 Å². The molecule has 30 heavy (non-hydrogen) atoms. The van der Waals surface area contributed by atoms with Crippen molar-refractivity contribution in [3.05, 3.63) is 51.9 Å². The number of aryl methyl sites for hydroxylation is 1. The largest absolute Gasteiger partial charge is 0.338 e. The van der Waals surface area contributed by atoms with Gasteiger partial charge in [-0.1, -0.05) is 0 Å². The Morgan fingerprint density at radius 3 is 2.77 bits per heavy atom. The van der Waals surface area contributed by atoms with Gasteiger partial charge in [0.25, 0.3) is 11.5 Å². The standard InChI is InChI=1S/C22H26N6O2/c1-14-12-16(4-5-17(14)22(30)27-10-8-23-9-11-27)25-20-19-18(6-7-24-21(19)29)28(26-20)13-15-2-3-15/h4-7,12,15,23H,2-3,8-11,13H2,1H3,(H,24,29)(H,25,26). The Hall–Kier alpha value is -3.13. The lowest BCUT2D eigenvalue weighted by Gasteiger charge is -2.28. The number of amides is 1. The van der Waals surface area contributed by atoms with E-state index in [2.05, 4.69) is 20.7 Å². The van der Waals surface area contributed by atoms with Gasteiger partial charge in [0, 0.05) is 50.2 Å². The van der Waals surface area contributed by atoms with Crippen LogP contribution < -0.4 is 16.2 Å². The number of piperazine rings is 1. The Balaban J connectivity index is 1.43. The van der Waals surface area contributed by atoms with Crippen molar-refractivity contribution in [3.63, 3.8) is 0 Å². The SMILES string of the molecule is Cc1cc(Nc2nn(CC3CC3)c3cc[nH]c(=O)c23)ccc1C(=O)N1CCNCC1. The fraction of sp³-hybridized carbons (Fsp3) is 0.409. The summed E-state index contributed by atoms with van der Waals surface area (Å²) in [7, 11) is 0. The van der Waals surface area contributed by atoms with Gasteiger partial charge in [-0.25, -0.2) is 0 Å². The van der Waals surface area contributed by atoms with Crippen LogP contribution in [0.2, 0.25) is 0 Å². The molecule has 0 bridgehead atoms. The highest BCUT2D eigenvalue weighted by molar-refractivity contribution is 5.96. The topological polar surface area (TPSA) is 95.0 Å². The summed E-state index contributed by atoms with van der Waals surface area (Å²) < 4.78 is 1.93. The van der Waals surface area contributed by atoms with Crippen LogP contribution >= 0.6 is 0 Å². The van der Waals surface area contributed by atoms with Crippen LogP contribution in [0.4, 0.5) is 11.5 Å². The van der Waals surface area contributed by atoms with Gasteiger partial charge in [0.15, 0.2) is 5.82 Å². The fourth-order valence-corrected chi connectivity index (χ4v) is 4.06. The summed E-state index contributed by atoms with van der Waals surface area (Å²) in [6, 6.07) is 7.58. The van der Waals surface area contributed by atoms with Gasteiger partial charge in [0.2, 0.25) is 0 Å². The number of nitrogens with one attached hydrogen (secondary N) is 3. The van der Waals surface area contributed by atoms with E-state index in [1.54, 1.807) is 6.20 Å². The molecule has 3 N–H and O–H groups in total. The predicted molar refractivity (Wildman–Crippen MR) is 116 cm³/mol. The van der Waals surface area contributed by atoms with Gasteiger partial charge in [-0.3, -0.25) is 14.3 Å². The van der Waals surface area contributed by atoms with E-state index in [4.69, 9.17) is 0 Å². The molecule has 0 unspecified atom stereocenters. The predicted octanol–water partition coefficient (Wildman–Crippen LogP) is 2.23. The number of benzene rings is 1. The van der Waals surface area contributed by atoms with Crippen LogP contribution in [-0.4, -0.2) is 51.8 Å². The molecule has 1 aliphatic carbocycles. The molecular formula is C22H26N6O2. The lowest BCUT2D eigenvalue weighted by Crippen LogP contribution is -2.46. The van der Waals surface area contributed by atoms with Crippen LogP contribution in [0.15, 0.2) is 35.3 Å². The first-order valence-corrected chi connectivity index (χ1v) is 10.6. The van der Waals surface area contributed by atoms with Crippen LogP contribution in [0.3, 0.4) is 0 Å². The molecule has 2 aromatic heterocycles. The van der Waals surface area contributed by atoms with Gasteiger partial charge in [-0.2, -0.15) is 5.10 Å². The number of aromatic nitrogens is 3. The Morgan fingerprint density at radius 1 is 1.23 bits per heavy atom. The van der Waals surface area contributed by atoms with E-state index in [0.717, 1.165) is 49.5 Å². The molecule has 8 nitrogen and oxygen atoms in total. The Morgan fingerprint density at radius 2 is 2.03 bits per heavy atom. The monoisotopic (exact) mass is 406 g/mol. The Kier molecular flexibility index (Phi) is 4.78. The van der Waals surface area contributed by atoms with Crippen LogP contribution in [0.5, 0.6) is 0 Å². The number of rotatable bonds is 5. The molecule has 1 aromatic carbocycles. The first-order valence-electron chi connectivity index (χ1n) is 10.6. The molecule has 2 aliphatic rings. The summed E-state index contributed by atoms with van der Waals surface area (Å²) in [6.45, 7) is 5.89. The Labute approximate surface area is 174 Å². The number of nitrogens with zero attached hydrogens (tertiary/aromatic N) is 3. The molecule has 8 heteroatoms. The average molecular weight is 406 g/mol. The molecule has 1 saturated heterocycles. The first-order chi connectivity index (χ1) is 14.6. The lowest BCUT2D eigenvalue weighted by molar-refractivity contribution is 0.0735. The highest BCUT2D eigenvalue weighted by atomic mass is 16.2. The molecule has 1 saturated carbocycles. The molecule has 0 atom stereocenters. The maximum absolute atomic E-state index is 12.8. The van der Waals surface area contributed by atoms with Crippen molar-refractivity contribution < 1.29 is 4.79 Å². The molecule has 1 aliphatic heterocycles. The normalized spacial score (nSPS) is 16.8. The number of anilines is 2. The highest BCUT2D eigenvalue weighted by Crippen LogP contribution is 2.32. The first kappa shape index (κ1) is 18.9. The molecule has 1 amide bonds. The maximum atomic E-state index is 12.8. The molecule has 0 spiro atoms. The summed E-state index contributed by atoms with van der Waals surface area (Å²) in [5.74, 6) is 1.27. The molecule has 3 heterocycles. The van der Waals surface area contributed by atoms with E-state index < -0.39 is 0 Å². The number of hydrogen-bond donors (Lipinski definition) is 3. The molecule has 5 rings (SSSR count). The molecular weight excluding hydrogens is 380 g/mol. The molecule has 3 aromatic rings. The third-order valence-corrected chi connectivity index (χ3v) is 5.93. The van der Waals surface area contributed by atoms with Crippen molar-refractivity contribution in [1.82, 2.24) is 25.0 Å². The zero-order valence-corrected chi connectivity index (χ0v) is 17.1. The summed E-state index contributed by atoms with van der Waals surface area (Å²) in [5, 5.41) is 11.8. The van der Waals surface area contributed by atoms with Crippen molar-refractivity contribution in [1.29, 1.82) is 0 Å². The zero-order valence-electron chi connectivity index (χ0n) is 17.1. The van der Waals surface area contributed by atoms with Gasteiger partial charge < -0.3 is 20.5 Å². The maximum Gasteiger partial charge on any atom is 0.261 e.